The van der Waals surface area contributed by atoms with Gasteiger partial charge >= 0.3 is 0 Å². The van der Waals surface area contributed by atoms with Crippen molar-refractivity contribution in [2.24, 2.45) is 0 Å². The molecule has 2 spiro atoms. The van der Waals surface area contributed by atoms with E-state index in [2.05, 4.69) is 218 Å². The molecular weight excluding hydrogens is 751 g/mol. The van der Waals surface area contributed by atoms with Crippen LogP contribution in [0.5, 0.6) is 0 Å². The zero-order valence-corrected chi connectivity index (χ0v) is 33.7. The van der Waals surface area contributed by atoms with Gasteiger partial charge in [0.15, 0.2) is 17.5 Å². The quantitative estimate of drug-likeness (QED) is 0.178. The van der Waals surface area contributed by atoms with Crippen LogP contribution < -0.4 is 0 Å². The van der Waals surface area contributed by atoms with Crippen LogP contribution in [-0.4, -0.2) is 15.0 Å². The number of nitrogens with zero attached hydrogens (tertiary/aromatic N) is 3. The Kier molecular flexibility index (Phi) is 7.44. The van der Waals surface area contributed by atoms with E-state index in [1.165, 1.54) is 72.3 Å². The number of hydrogen-bond acceptors (Lipinski definition) is 3. The van der Waals surface area contributed by atoms with Gasteiger partial charge < -0.3 is 0 Å². The Balaban J connectivity index is 1.17. The summed E-state index contributed by atoms with van der Waals surface area (Å²) in [4.78, 5) is 16.2. The molecule has 0 aliphatic heterocycles. The van der Waals surface area contributed by atoms with Crippen LogP contribution in [0.1, 0.15) is 44.5 Å². The van der Waals surface area contributed by atoms with Crippen molar-refractivity contribution in [3.05, 3.63) is 269 Å². The summed E-state index contributed by atoms with van der Waals surface area (Å²) in [5.41, 5.74) is 19.1. The van der Waals surface area contributed by atoms with Gasteiger partial charge in [-0.1, -0.05) is 224 Å². The van der Waals surface area contributed by atoms with Crippen molar-refractivity contribution in [2.45, 2.75) is 10.8 Å². The predicted octanol–water partition coefficient (Wildman–Crippen LogP) is 13.6. The monoisotopic (exact) mass is 787 g/mol. The molecule has 0 saturated carbocycles. The molecule has 62 heavy (non-hydrogen) atoms. The molecule has 9 aromatic carbocycles. The number of aromatic nitrogens is 3. The molecule has 3 heteroatoms. The van der Waals surface area contributed by atoms with Crippen molar-refractivity contribution in [2.75, 3.05) is 0 Å². The van der Waals surface area contributed by atoms with Gasteiger partial charge in [-0.2, -0.15) is 0 Å². The second-order valence-electron chi connectivity index (χ2n) is 16.6. The molecule has 3 nitrogen and oxygen atoms in total. The van der Waals surface area contributed by atoms with Gasteiger partial charge in [0, 0.05) is 16.7 Å². The molecule has 0 fully saturated rings. The number of benzene rings is 9. The van der Waals surface area contributed by atoms with Gasteiger partial charge in [-0.05, 0) is 77.9 Å². The Morgan fingerprint density at radius 3 is 1.05 bits per heavy atom. The first-order valence-electron chi connectivity index (χ1n) is 21.4. The van der Waals surface area contributed by atoms with Crippen LogP contribution in [0.3, 0.4) is 0 Å². The van der Waals surface area contributed by atoms with E-state index in [1.54, 1.807) is 0 Å². The lowest BCUT2D eigenvalue weighted by Crippen LogP contribution is -2.44. The lowest BCUT2D eigenvalue weighted by atomic mass is 9.51. The van der Waals surface area contributed by atoms with Crippen LogP contribution in [0, 0.1) is 0 Å². The fourth-order valence-corrected chi connectivity index (χ4v) is 11.3. The first kappa shape index (κ1) is 34.8. The molecule has 3 aliphatic rings. The Labute approximate surface area is 360 Å². The molecule has 3 aliphatic carbocycles. The summed E-state index contributed by atoms with van der Waals surface area (Å²) in [6.07, 6.45) is 0. The highest BCUT2D eigenvalue weighted by Crippen LogP contribution is 2.68. The largest absolute Gasteiger partial charge is 0.208 e. The highest BCUT2D eigenvalue weighted by atomic mass is 15.0. The van der Waals surface area contributed by atoms with Crippen LogP contribution in [0.2, 0.25) is 0 Å². The number of fused-ring (bicyclic) bond motifs is 16. The topological polar surface area (TPSA) is 38.7 Å². The summed E-state index contributed by atoms with van der Waals surface area (Å²) in [5.74, 6) is 1.92. The van der Waals surface area contributed by atoms with Crippen molar-refractivity contribution in [1.82, 2.24) is 15.0 Å². The van der Waals surface area contributed by atoms with E-state index in [0.717, 1.165) is 22.3 Å². The third kappa shape index (κ3) is 4.62. The minimum absolute atomic E-state index is 0.613. The summed E-state index contributed by atoms with van der Waals surface area (Å²) >= 11 is 0. The molecule has 0 unspecified atom stereocenters. The maximum Gasteiger partial charge on any atom is 0.164 e. The molecule has 0 saturated heterocycles. The third-order valence-electron chi connectivity index (χ3n) is 13.6. The van der Waals surface area contributed by atoms with Gasteiger partial charge in [0.2, 0.25) is 0 Å². The lowest BCUT2D eigenvalue weighted by Gasteiger charge is -2.49. The summed E-state index contributed by atoms with van der Waals surface area (Å²) < 4.78 is 0. The van der Waals surface area contributed by atoms with Crippen LogP contribution >= 0.6 is 0 Å². The van der Waals surface area contributed by atoms with Crippen molar-refractivity contribution in [3.63, 3.8) is 0 Å². The van der Waals surface area contributed by atoms with Crippen LogP contribution in [-0.2, 0) is 10.8 Å². The van der Waals surface area contributed by atoms with E-state index in [9.17, 15) is 0 Å². The standard InChI is InChI=1S/C59H37N3/c1-3-18-38(19-4-1)39-34-36-41(37-35-39)56-60-55(40-20-5-2-6-21-40)61-57(62-56)46-26-17-33-53-54(46)59(49-29-13-9-24-44(49)45-25-10-14-30-50(45)59)52-32-16-15-31-51(52)58(53)47-27-11-7-22-42(47)43-23-8-12-28-48(43)58/h1-37H. The highest BCUT2D eigenvalue weighted by Gasteiger charge is 2.59. The summed E-state index contributed by atoms with van der Waals surface area (Å²) in [7, 11) is 0. The maximum absolute atomic E-state index is 5.51. The van der Waals surface area contributed by atoms with Gasteiger partial charge in [-0.15, -0.1) is 0 Å². The minimum Gasteiger partial charge on any atom is -0.208 e. The smallest absolute Gasteiger partial charge is 0.164 e. The van der Waals surface area contributed by atoms with Crippen molar-refractivity contribution >= 4 is 0 Å². The first-order valence-corrected chi connectivity index (χ1v) is 21.4. The molecule has 13 rings (SSSR count). The molecule has 288 valence electrons. The zero-order chi connectivity index (χ0) is 40.8. The van der Waals surface area contributed by atoms with E-state index < -0.39 is 10.8 Å². The third-order valence-corrected chi connectivity index (χ3v) is 13.6. The highest BCUT2D eigenvalue weighted by molar-refractivity contribution is 5.95. The second-order valence-corrected chi connectivity index (χ2v) is 16.6. The van der Waals surface area contributed by atoms with Gasteiger partial charge in [-0.3, -0.25) is 0 Å². The maximum atomic E-state index is 5.51. The molecule has 0 radical (unpaired) electrons. The Bertz CT molecular complexity index is 3320. The minimum atomic E-state index is -0.690. The fraction of sp³-hybridized carbons (Fsp3) is 0.0339. The number of rotatable bonds is 4. The van der Waals surface area contributed by atoms with Crippen molar-refractivity contribution in [3.8, 4) is 67.5 Å². The molecular formula is C59H37N3. The molecule has 0 N–H and O–H groups in total. The molecule has 0 atom stereocenters. The summed E-state index contributed by atoms with van der Waals surface area (Å²) in [6.45, 7) is 0. The van der Waals surface area contributed by atoms with E-state index in [1.807, 2.05) is 6.07 Å². The molecule has 1 aromatic heterocycles. The molecule has 1 heterocycles. The van der Waals surface area contributed by atoms with Gasteiger partial charge in [-0.25, -0.2) is 15.0 Å². The first-order chi connectivity index (χ1) is 30.8. The Morgan fingerprint density at radius 1 is 0.210 bits per heavy atom. The Morgan fingerprint density at radius 2 is 0.532 bits per heavy atom. The summed E-state index contributed by atoms with van der Waals surface area (Å²) in [6, 6.07) is 81.6. The van der Waals surface area contributed by atoms with Crippen LogP contribution in [0.25, 0.3) is 67.5 Å². The van der Waals surface area contributed by atoms with E-state index in [-0.39, 0.29) is 0 Å². The Hall–Kier alpha value is -8.01. The van der Waals surface area contributed by atoms with E-state index >= 15 is 0 Å². The van der Waals surface area contributed by atoms with Crippen LogP contribution in [0.4, 0.5) is 0 Å². The predicted molar refractivity (Wildman–Crippen MR) is 250 cm³/mol. The zero-order valence-electron chi connectivity index (χ0n) is 33.7. The number of hydrogen-bond donors (Lipinski definition) is 0. The SMILES string of the molecule is c1ccc(-c2ccc(-c3nc(-c4ccccc4)nc(-c4cccc5c4C4(c6ccccc6-c6ccccc64)c4ccccc4C54c5ccccc5-c5ccccc54)n3)cc2)cc1. The lowest BCUT2D eigenvalue weighted by molar-refractivity contribution is 0.633. The van der Waals surface area contributed by atoms with Gasteiger partial charge in [0.05, 0.1) is 10.8 Å². The van der Waals surface area contributed by atoms with E-state index in [4.69, 9.17) is 15.0 Å². The normalized spacial score (nSPS) is 14.1. The van der Waals surface area contributed by atoms with Crippen LogP contribution in [0.15, 0.2) is 224 Å². The van der Waals surface area contributed by atoms with Crippen molar-refractivity contribution < 1.29 is 0 Å². The van der Waals surface area contributed by atoms with Gasteiger partial charge in [0.25, 0.3) is 0 Å². The summed E-state index contributed by atoms with van der Waals surface area (Å²) in [5, 5.41) is 0. The molecule has 10 aromatic rings. The fourth-order valence-electron chi connectivity index (χ4n) is 11.3. The molecule has 0 bridgehead atoms. The van der Waals surface area contributed by atoms with E-state index in [0.29, 0.717) is 17.5 Å². The van der Waals surface area contributed by atoms with Crippen molar-refractivity contribution in [1.29, 1.82) is 0 Å². The molecule has 0 amide bonds. The average molecular weight is 788 g/mol. The average Bonchev–Trinajstić information content (AvgIpc) is 3.82. The van der Waals surface area contributed by atoms with Gasteiger partial charge in [0.1, 0.15) is 0 Å². The second kappa shape index (κ2) is 13.2.